The third kappa shape index (κ3) is 5.70. The van der Waals surface area contributed by atoms with E-state index in [1.165, 1.54) is 12.1 Å². The van der Waals surface area contributed by atoms with Crippen molar-refractivity contribution in [3.05, 3.63) is 59.4 Å². The van der Waals surface area contributed by atoms with Gasteiger partial charge in [-0.1, -0.05) is 6.07 Å². The molecule has 3 aliphatic heterocycles. The average molecular weight is 552 g/mol. The molecular weight excluding hydrogens is 520 g/mol. The molecule has 3 aromatic rings. The van der Waals surface area contributed by atoms with Crippen LogP contribution in [-0.2, 0) is 22.5 Å². The molecule has 0 radical (unpaired) electrons. The van der Waals surface area contributed by atoms with E-state index < -0.39 is 11.6 Å². The van der Waals surface area contributed by atoms with Gasteiger partial charge in [-0.15, -0.1) is 0 Å². The van der Waals surface area contributed by atoms with Crippen LogP contribution in [0, 0.1) is 11.6 Å². The van der Waals surface area contributed by atoms with Crippen molar-refractivity contribution in [2.24, 2.45) is 0 Å². The van der Waals surface area contributed by atoms with E-state index in [0.29, 0.717) is 75.9 Å². The van der Waals surface area contributed by atoms with E-state index in [1.807, 2.05) is 18.2 Å². The molecule has 5 heterocycles. The summed E-state index contributed by atoms with van der Waals surface area (Å²) in [6, 6.07) is 8.95. The third-order valence-corrected chi connectivity index (χ3v) is 7.51. The molecule has 0 spiro atoms. The first-order valence-electron chi connectivity index (χ1n) is 13.7. The van der Waals surface area contributed by atoms with Gasteiger partial charge >= 0.3 is 0 Å². The van der Waals surface area contributed by atoms with Crippen LogP contribution in [0.3, 0.4) is 0 Å². The van der Waals surface area contributed by atoms with Crippen molar-refractivity contribution in [1.29, 1.82) is 0 Å². The van der Waals surface area contributed by atoms with E-state index in [9.17, 15) is 13.6 Å². The standard InChI is InChI=1S/C29H31F2N5O4/c1-18(37)36-13-9-23-25(16-36)33-28(24-3-2-4-27(32-24)40-21-10-14-38-17-21)29(34-23)35-11-7-20(8-12-35)39-26-6-5-19(30)15-22(26)31/h2-6,15,20-21H,7-14,16-17H2,1H3. The van der Waals surface area contributed by atoms with Crippen LogP contribution in [-0.4, -0.2) is 70.8 Å². The van der Waals surface area contributed by atoms with Gasteiger partial charge < -0.3 is 24.0 Å². The molecule has 2 fully saturated rings. The zero-order chi connectivity index (χ0) is 27.6. The van der Waals surface area contributed by atoms with Crippen LogP contribution in [0.1, 0.15) is 37.6 Å². The summed E-state index contributed by atoms with van der Waals surface area (Å²) in [6.45, 7) is 5.00. The number of piperidine rings is 1. The van der Waals surface area contributed by atoms with E-state index in [2.05, 4.69) is 4.90 Å². The number of pyridine rings is 1. The Morgan fingerprint density at radius 1 is 0.975 bits per heavy atom. The van der Waals surface area contributed by atoms with Gasteiger partial charge in [0.25, 0.3) is 0 Å². The number of amides is 1. The van der Waals surface area contributed by atoms with E-state index in [0.717, 1.165) is 29.7 Å². The molecule has 11 heteroatoms. The number of halogens is 2. The summed E-state index contributed by atoms with van der Waals surface area (Å²) >= 11 is 0. The Kier molecular flexibility index (Phi) is 7.46. The monoisotopic (exact) mass is 551 g/mol. The summed E-state index contributed by atoms with van der Waals surface area (Å²) in [4.78, 5) is 30.8. The van der Waals surface area contributed by atoms with Gasteiger partial charge in [0.2, 0.25) is 11.8 Å². The van der Waals surface area contributed by atoms with Gasteiger partial charge in [0.05, 0.1) is 36.8 Å². The van der Waals surface area contributed by atoms with Gasteiger partial charge in [-0.3, -0.25) is 4.79 Å². The fourth-order valence-corrected chi connectivity index (χ4v) is 5.31. The van der Waals surface area contributed by atoms with Gasteiger partial charge in [-0.05, 0) is 18.2 Å². The lowest BCUT2D eigenvalue weighted by Crippen LogP contribution is -2.40. The first kappa shape index (κ1) is 26.4. The van der Waals surface area contributed by atoms with Crippen molar-refractivity contribution in [3.8, 4) is 23.0 Å². The molecule has 1 unspecified atom stereocenters. The van der Waals surface area contributed by atoms with Crippen molar-refractivity contribution < 1.29 is 27.8 Å². The zero-order valence-electron chi connectivity index (χ0n) is 22.3. The highest BCUT2D eigenvalue weighted by Crippen LogP contribution is 2.33. The van der Waals surface area contributed by atoms with E-state index in [1.54, 1.807) is 11.8 Å². The Labute approximate surface area is 231 Å². The van der Waals surface area contributed by atoms with Crippen molar-refractivity contribution in [2.45, 2.75) is 51.4 Å². The quantitative estimate of drug-likeness (QED) is 0.455. The van der Waals surface area contributed by atoms with Crippen LogP contribution in [0.4, 0.5) is 14.6 Å². The summed E-state index contributed by atoms with van der Waals surface area (Å²) in [6.07, 6.45) is 2.45. The number of carbonyl (C=O) groups is 1. The van der Waals surface area contributed by atoms with Crippen LogP contribution in [0.15, 0.2) is 36.4 Å². The number of benzene rings is 1. The predicted molar refractivity (Wildman–Crippen MR) is 142 cm³/mol. The molecule has 1 atom stereocenters. The second-order valence-electron chi connectivity index (χ2n) is 10.3. The number of aromatic nitrogens is 3. The number of hydrogen-bond donors (Lipinski definition) is 0. The minimum absolute atomic E-state index is 0.00467. The molecule has 0 N–H and O–H groups in total. The molecule has 210 valence electrons. The van der Waals surface area contributed by atoms with Gasteiger partial charge in [-0.2, -0.15) is 0 Å². The fraction of sp³-hybridized carbons (Fsp3) is 0.448. The van der Waals surface area contributed by atoms with Gasteiger partial charge in [0.15, 0.2) is 17.4 Å². The van der Waals surface area contributed by atoms with Gasteiger partial charge in [0.1, 0.15) is 23.7 Å². The van der Waals surface area contributed by atoms with Crippen molar-refractivity contribution in [1.82, 2.24) is 19.9 Å². The molecule has 3 aliphatic rings. The number of fused-ring (bicyclic) bond motifs is 1. The number of carbonyl (C=O) groups excluding carboxylic acids is 1. The molecule has 2 aromatic heterocycles. The summed E-state index contributed by atoms with van der Waals surface area (Å²) in [7, 11) is 0. The average Bonchev–Trinajstić information content (AvgIpc) is 3.47. The van der Waals surface area contributed by atoms with Crippen LogP contribution < -0.4 is 14.4 Å². The minimum atomic E-state index is -0.706. The summed E-state index contributed by atoms with van der Waals surface area (Å²) in [5.41, 5.74) is 2.90. The topological polar surface area (TPSA) is 89.9 Å². The molecule has 1 amide bonds. The highest BCUT2D eigenvalue weighted by Gasteiger charge is 2.29. The largest absolute Gasteiger partial charge is 0.487 e. The Hall–Kier alpha value is -3.86. The molecule has 2 saturated heterocycles. The summed E-state index contributed by atoms with van der Waals surface area (Å²) in [5, 5.41) is 0. The molecule has 0 bridgehead atoms. The highest BCUT2D eigenvalue weighted by atomic mass is 19.1. The number of rotatable bonds is 6. The lowest BCUT2D eigenvalue weighted by Gasteiger charge is -2.35. The SMILES string of the molecule is CC(=O)N1CCc2nc(N3CCC(Oc4ccc(F)cc4F)CC3)c(-c3cccc(OC4CCOC4)n3)nc2C1. The first-order valence-corrected chi connectivity index (χ1v) is 13.7. The first-order chi connectivity index (χ1) is 19.4. The van der Waals surface area contributed by atoms with Gasteiger partial charge in [0, 0.05) is 64.4 Å². The number of anilines is 1. The van der Waals surface area contributed by atoms with E-state index in [4.69, 9.17) is 29.2 Å². The van der Waals surface area contributed by atoms with Gasteiger partial charge in [-0.25, -0.2) is 23.7 Å². The number of hydrogen-bond acceptors (Lipinski definition) is 8. The van der Waals surface area contributed by atoms with Crippen molar-refractivity contribution in [2.75, 3.05) is 37.7 Å². The minimum Gasteiger partial charge on any atom is -0.487 e. The predicted octanol–water partition coefficient (Wildman–Crippen LogP) is 3.94. The molecular formula is C29H31F2N5O4. The molecule has 6 rings (SSSR count). The maximum absolute atomic E-state index is 14.1. The second-order valence-corrected chi connectivity index (χ2v) is 10.3. The Bertz CT molecular complexity index is 1390. The molecule has 40 heavy (non-hydrogen) atoms. The highest BCUT2D eigenvalue weighted by molar-refractivity contribution is 5.74. The normalized spacial score (nSPS) is 19.4. The maximum atomic E-state index is 14.1. The summed E-state index contributed by atoms with van der Waals surface area (Å²) in [5.74, 6) is -0.0677. The molecule has 0 aliphatic carbocycles. The Morgan fingerprint density at radius 3 is 2.58 bits per heavy atom. The molecule has 1 aromatic carbocycles. The Morgan fingerprint density at radius 2 is 1.82 bits per heavy atom. The molecule has 9 nitrogen and oxygen atoms in total. The maximum Gasteiger partial charge on any atom is 0.219 e. The van der Waals surface area contributed by atoms with Crippen LogP contribution >= 0.6 is 0 Å². The van der Waals surface area contributed by atoms with Crippen LogP contribution in [0.25, 0.3) is 11.4 Å². The number of nitrogens with zero attached hydrogens (tertiary/aromatic N) is 5. The zero-order valence-corrected chi connectivity index (χ0v) is 22.3. The van der Waals surface area contributed by atoms with E-state index >= 15 is 0 Å². The molecule has 0 saturated carbocycles. The van der Waals surface area contributed by atoms with Crippen molar-refractivity contribution >= 4 is 11.7 Å². The number of ether oxygens (including phenoxy) is 3. The van der Waals surface area contributed by atoms with Crippen LogP contribution in [0.2, 0.25) is 0 Å². The fourth-order valence-electron chi connectivity index (χ4n) is 5.31. The van der Waals surface area contributed by atoms with E-state index in [-0.39, 0.29) is 23.9 Å². The van der Waals surface area contributed by atoms with Crippen LogP contribution in [0.5, 0.6) is 11.6 Å². The lowest BCUT2D eigenvalue weighted by molar-refractivity contribution is -0.129. The smallest absolute Gasteiger partial charge is 0.219 e. The third-order valence-electron chi connectivity index (χ3n) is 7.51. The second kappa shape index (κ2) is 11.3. The lowest BCUT2D eigenvalue weighted by atomic mass is 10.1. The summed E-state index contributed by atoms with van der Waals surface area (Å²) < 4.78 is 44.8. The Balaban J connectivity index is 1.27. The van der Waals surface area contributed by atoms with Crippen molar-refractivity contribution in [3.63, 3.8) is 0 Å².